The quantitative estimate of drug-likeness (QED) is 0.497. The molecule has 0 aliphatic rings. The van der Waals surface area contributed by atoms with Gasteiger partial charge in [-0.1, -0.05) is 12.1 Å². The number of anilines is 3. The van der Waals surface area contributed by atoms with E-state index in [9.17, 15) is 10.1 Å². The summed E-state index contributed by atoms with van der Waals surface area (Å²) >= 11 is 0. The molecule has 0 amide bonds. The number of nitrogens with one attached hydrogen (secondary N) is 1. The van der Waals surface area contributed by atoms with E-state index in [2.05, 4.69) is 5.32 Å². The molecule has 0 spiro atoms. The Bertz CT molecular complexity index is 677. The average Bonchev–Trinajstić information content (AvgIpc) is 2.38. The van der Waals surface area contributed by atoms with Crippen LogP contribution in [0.25, 0.3) is 0 Å². The number of nitro benzene ring substituents is 1. The predicted octanol–water partition coefficient (Wildman–Crippen LogP) is 2.79. The minimum Gasteiger partial charge on any atom is -0.393 e. The van der Waals surface area contributed by atoms with E-state index < -0.39 is 4.92 Å². The highest BCUT2D eigenvalue weighted by atomic mass is 16.6. The normalized spacial score (nSPS) is 9.63. The summed E-state index contributed by atoms with van der Waals surface area (Å²) in [6.45, 7) is 0. The third-order valence-corrected chi connectivity index (χ3v) is 2.52. The zero-order chi connectivity index (χ0) is 13.8. The molecule has 94 valence electrons. The Morgan fingerprint density at radius 3 is 2.68 bits per heavy atom. The molecule has 2 rings (SSSR count). The largest absolute Gasteiger partial charge is 0.393 e. The number of nitrogen functional groups attached to an aromatic ring is 1. The third kappa shape index (κ3) is 2.61. The van der Waals surface area contributed by atoms with Crippen molar-refractivity contribution in [3.63, 3.8) is 0 Å². The van der Waals surface area contributed by atoms with Gasteiger partial charge in [-0.25, -0.2) is 0 Å². The van der Waals surface area contributed by atoms with E-state index in [1.54, 1.807) is 36.4 Å². The van der Waals surface area contributed by atoms with Gasteiger partial charge in [0.2, 0.25) is 0 Å². The number of hydrogen-bond acceptors (Lipinski definition) is 5. The highest BCUT2D eigenvalue weighted by Crippen LogP contribution is 2.32. The molecule has 0 aliphatic carbocycles. The fraction of sp³-hybridized carbons (Fsp3) is 0. The molecule has 0 heterocycles. The monoisotopic (exact) mass is 254 g/mol. The van der Waals surface area contributed by atoms with Crippen LogP contribution in [-0.2, 0) is 0 Å². The lowest BCUT2D eigenvalue weighted by molar-refractivity contribution is -0.383. The number of nitrogens with two attached hydrogens (primary N) is 1. The van der Waals surface area contributed by atoms with E-state index in [1.165, 1.54) is 6.07 Å². The maximum atomic E-state index is 11.0. The molecule has 0 aromatic heterocycles. The minimum atomic E-state index is -0.536. The predicted molar refractivity (Wildman–Crippen MR) is 71.9 cm³/mol. The topological polar surface area (TPSA) is 105 Å². The summed E-state index contributed by atoms with van der Waals surface area (Å²) in [6, 6.07) is 13.3. The number of benzene rings is 2. The molecule has 0 atom stereocenters. The van der Waals surface area contributed by atoms with Crippen molar-refractivity contribution in [2.75, 3.05) is 11.1 Å². The Balaban J connectivity index is 2.41. The van der Waals surface area contributed by atoms with Crippen molar-refractivity contribution in [3.05, 3.63) is 58.1 Å². The zero-order valence-electron chi connectivity index (χ0n) is 9.83. The van der Waals surface area contributed by atoms with Crippen LogP contribution in [0.5, 0.6) is 0 Å². The van der Waals surface area contributed by atoms with E-state index in [-0.39, 0.29) is 11.4 Å². The van der Waals surface area contributed by atoms with Crippen LogP contribution in [0.1, 0.15) is 5.56 Å². The first-order valence-electron chi connectivity index (χ1n) is 5.42. The second-order valence-electron chi connectivity index (χ2n) is 3.82. The molecule has 0 saturated heterocycles. The maximum Gasteiger partial charge on any atom is 0.315 e. The highest BCUT2D eigenvalue weighted by Gasteiger charge is 2.17. The van der Waals surface area contributed by atoms with Crippen LogP contribution >= 0.6 is 0 Å². The molecule has 0 bridgehead atoms. The van der Waals surface area contributed by atoms with Gasteiger partial charge in [0, 0.05) is 5.69 Å². The molecule has 0 radical (unpaired) electrons. The van der Waals surface area contributed by atoms with E-state index >= 15 is 0 Å². The second-order valence-corrected chi connectivity index (χ2v) is 3.82. The Labute approximate surface area is 109 Å². The van der Waals surface area contributed by atoms with Gasteiger partial charge in [0.15, 0.2) is 0 Å². The number of para-hydroxylation sites is 1. The Hall–Kier alpha value is -3.07. The summed E-state index contributed by atoms with van der Waals surface area (Å²) in [5.41, 5.74) is 6.86. The summed E-state index contributed by atoms with van der Waals surface area (Å²) in [5, 5.41) is 22.7. The van der Waals surface area contributed by atoms with Crippen molar-refractivity contribution >= 4 is 22.7 Å². The summed E-state index contributed by atoms with van der Waals surface area (Å²) in [5.74, 6) is 0. The molecule has 2 aromatic carbocycles. The van der Waals surface area contributed by atoms with E-state index in [1.807, 2.05) is 6.07 Å². The van der Waals surface area contributed by atoms with Gasteiger partial charge in [-0.3, -0.25) is 10.1 Å². The van der Waals surface area contributed by atoms with E-state index in [0.29, 0.717) is 16.9 Å². The van der Waals surface area contributed by atoms with Crippen LogP contribution in [0.2, 0.25) is 0 Å². The minimum absolute atomic E-state index is 0.0893. The van der Waals surface area contributed by atoms with Crippen molar-refractivity contribution in [3.8, 4) is 6.07 Å². The first-order chi connectivity index (χ1) is 9.11. The summed E-state index contributed by atoms with van der Waals surface area (Å²) in [4.78, 5) is 10.5. The Morgan fingerprint density at radius 2 is 2.00 bits per heavy atom. The highest BCUT2D eigenvalue weighted by molar-refractivity contribution is 5.78. The third-order valence-electron chi connectivity index (χ3n) is 2.52. The van der Waals surface area contributed by atoms with Crippen molar-refractivity contribution < 1.29 is 4.92 Å². The van der Waals surface area contributed by atoms with Crippen LogP contribution in [0, 0.1) is 21.4 Å². The number of nitrogens with zero attached hydrogens (tertiary/aromatic N) is 2. The van der Waals surface area contributed by atoms with Crippen LogP contribution in [0.4, 0.5) is 22.7 Å². The van der Waals surface area contributed by atoms with Crippen LogP contribution in [0.3, 0.4) is 0 Å². The molecule has 0 unspecified atom stereocenters. The maximum absolute atomic E-state index is 11.0. The Morgan fingerprint density at radius 1 is 1.26 bits per heavy atom. The lowest BCUT2D eigenvalue weighted by Gasteiger charge is -2.08. The van der Waals surface area contributed by atoms with E-state index in [4.69, 9.17) is 11.0 Å². The molecular formula is C13H10N4O2. The molecule has 0 fully saturated rings. The van der Waals surface area contributed by atoms with Gasteiger partial charge in [0.25, 0.3) is 0 Å². The molecular weight excluding hydrogens is 244 g/mol. The van der Waals surface area contributed by atoms with E-state index in [0.717, 1.165) is 0 Å². The summed E-state index contributed by atoms with van der Waals surface area (Å²) in [6.07, 6.45) is 0. The second kappa shape index (κ2) is 5.06. The van der Waals surface area contributed by atoms with Crippen LogP contribution in [0.15, 0.2) is 42.5 Å². The van der Waals surface area contributed by atoms with Gasteiger partial charge in [-0.15, -0.1) is 0 Å². The van der Waals surface area contributed by atoms with Crippen molar-refractivity contribution in [1.82, 2.24) is 0 Å². The summed E-state index contributed by atoms with van der Waals surface area (Å²) in [7, 11) is 0. The molecule has 6 heteroatoms. The smallest absolute Gasteiger partial charge is 0.315 e. The first-order valence-corrected chi connectivity index (χ1v) is 5.42. The lowest BCUT2D eigenvalue weighted by Crippen LogP contribution is -2.01. The van der Waals surface area contributed by atoms with Crippen LogP contribution < -0.4 is 11.1 Å². The lowest BCUT2D eigenvalue weighted by atomic mass is 10.2. The average molecular weight is 254 g/mol. The molecule has 19 heavy (non-hydrogen) atoms. The number of hydrogen-bond donors (Lipinski definition) is 2. The number of rotatable bonds is 3. The number of nitriles is 1. The van der Waals surface area contributed by atoms with Gasteiger partial charge < -0.3 is 11.1 Å². The fourth-order valence-corrected chi connectivity index (χ4v) is 1.69. The molecule has 0 aliphatic heterocycles. The molecule has 3 N–H and O–H groups in total. The fourth-order valence-electron chi connectivity index (χ4n) is 1.69. The summed E-state index contributed by atoms with van der Waals surface area (Å²) < 4.78 is 0. The van der Waals surface area contributed by atoms with Crippen molar-refractivity contribution in [2.45, 2.75) is 0 Å². The van der Waals surface area contributed by atoms with Gasteiger partial charge in [-0.05, 0) is 30.3 Å². The Kier molecular flexibility index (Phi) is 3.30. The standard InChI is InChI=1S/C13H10N4O2/c14-8-9-3-1-4-10(7-9)16-12-6-2-5-11(15)13(12)17(18)19/h1-7,16H,15H2. The van der Waals surface area contributed by atoms with Gasteiger partial charge in [0.1, 0.15) is 11.4 Å². The van der Waals surface area contributed by atoms with Gasteiger partial charge >= 0.3 is 5.69 Å². The molecule has 2 aromatic rings. The van der Waals surface area contributed by atoms with Crippen molar-refractivity contribution in [2.24, 2.45) is 0 Å². The SMILES string of the molecule is N#Cc1cccc(Nc2cccc(N)c2[N+](=O)[O-])c1. The first kappa shape index (κ1) is 12.4. The molecule has 0 saturated carbocycles. The molecule has 6 nitrogen and oxygen atoms in total. The van der Waals surface area contributed by atoms with Gasteiger partial charge in [0.05, 0.1) is 16.6 Å². The van der Waals surface area contributed by atoms with Crippen LogP contribution in [-0.4, -0.2) is 4.92 Å². The van der Waals surface area contributed by atoms with Gasteiger partial charge in [-0.2, -0.15) is 5.26 Å². The zero-order valence-corrected chi connectivity index (χ0v) is 9.83. The number of nitro groups is 1. The van der Waals surface area contributed by atoms with Crippen molar-refractivity contribution in [1.29, 1.82) is 5.26 Å².